The molecule has 0 spiro atoms. The van der Waals surface area contributed by atoms with Crippen molar-refractivity contribution < 1.29 is 15.0 Å². The molecule has 0 atom stereocenters. The molecule has 112 valence electrons. The predicted molar refractivity (Wildman–Crippen MR) is 76.5 cm³/mol. The van der Waals surface area contributed by atoms with Crippen LogP contribution in [0.5, 0.6) is 11.5 Å². The van der Waals surface area contributed by atoms with Crippen LogP contribution in [0.4, 0.5) is 0 Å². The first-order chi connectivity index (χ1) is 10.5. The number of amides is 1. The van der Waals surface area contributed by atoms with E-state index < -0.39 is 5.91 Å². The average molecular weight is 299 g/mol. The smallest absolute Gasteiger partial charge is 0.252 e. The van der Waals surface area contributed by atoms with Crippen LogP contribution in [-0.2, 0) is 6.54 Å². The summed E-state index contributed by atoms with van der Waals surface area (Å²) in [4.78, 5) is 20.4. The lowest BCUT2D eigenvalue weighted by Gasteiger charge is -2.04. The van der Waals surface area contributed by atoms with Gasteiger partial charge >= 0.3 is 0 Å². The van der Waals surface area contributed by atoms with E-state index in [-0.39, 0.29) is 23.6 Å². The van der Waals surface area contributed by atoms with Gasteiger partial charge in [-0.15, -0.1) is 5.10 Å². The predicted octanol–water partition coefficient (Wildman–Crippen LogP) is 0.774. The Labute approximate surface area is 125 Å². The Kier molecular flexibility index (Phi) is 3.34. The monoisotopic (exact) mass is 299 g/mol. The van der Waals surface area contributed by atoms with Gasteiger partial charge in [0.1, 0.15) is 0 Å². The van der Waals surface area contributed by atoms with E-state index in [1.807, 2.05) is 13.0 Å². The van der Waals surface area contributed by atoms with Crippen LogP contribution < -0.4 is 5.32 Å². The molecule has 0 saturated carbocycles. The Hall–Kier alpha value is -3.16. The maximum absolute atomic E-state index is 12.0. The third kappa shape index (κ3) is 2.66. The van der Waals surface area contributed by atoms with Gasteiger partial charge < -0.3 is 15.5 Å². The third-order valence-corrected chi connectivity index (χ3v) is 3.04. The minimum absolute atomic E-state index is 0.128. The van der Waals surface area contributed by atoms with E-state index in [1.54, 1.807) is 6.20 Å². The van der Waals surface area contributed by atoms with Crippen LogP contribution in [0.15, 0.2) is 30.5 Å². The number of aromatic hydroxyl groups is 2. The summed E-state index contributed by atoms with van der Waals surface area (Å²) in [5.74, 6) is -0.141. The molecule has 0 unspecified atom stereocenters. The first kappa shape index (κ1) is 13.8. The highest BCUT2D eigenvalue weighted by atomic mass is 16.3. The largest absolute Gasteiger partial charge is 0.504 e. The van der Waals surface area contributed by atoms with Gasteiger partial charge in [-0.05, 0) is 31.2 Å². The minimum Gasteiger partial charge on any atom is -0.504 e. The molecule has 8 nitrogen and oxygen atoms in total. The fourth-order valence-corrected chi connectivity index (χ4v) is 1.91. The van der Waals surface area contributed by atoms with Crippen molar-refractivity contribution in [3.63, 3.8) is 0 Å². The van der Waals surface area contributed by atoms with E-state index in [4.69, 9.17) is 0 Å². The van der Waals surface area contributed by atoms with Gasteiger partial charge in [0, 0.05) is 17.5 Å². The van der Waals surface area contributed by atoms with Gasteiger partial charge in [-0.25, -0.2) is 9.50 Å². The number of nitrogens with one attached hydrogen (secondary N) is 1. The normalized spacial score (nSPS) is 10.8. The third-order valence-electron chi connectivity index (χ3n) is 3.04. The average Bonchev–Trinajstić information content (AvgIpc) is 2.89. The summed E-state index contributed by atoms with van der Waals surface area (Å²) < 4.78 is 1.53. The lowest BCUT2D eigenvalue weighted by atomic mass is 10.2. The standard InChI is InChI=1S/C14H13N5O3/c1-8-4-5-19-14(16-8)17-12(18-19)7-15-13(22)9-2-3-10(20)11(21)6-9/h2-6,20-21H,7H2,1H3,(H,15,22). The Bertz CT molecular complexity index is 859. The Balaban J connectivity index is 1.72. The van der Waals surface area contributed by atoms with Gasteiger partial charge in [-0.1, -0.05) is 0 Å². The van der Waals surface area contributed by atoms with Gasteiger partial charge in [-0.2, -0.15) is 4.98 Å². The van der Waals surface area contributed by atoms with Gasteiger partial charge in [0.15, 0.2) is 17.3 Å². The van der Waals surface area contributed by atoms with Crippen molar-refractivity contribution >= 4 is 11.7 Å². The SMILES string of the molecule is Cc1ccn2nc(CNC(=O)c3ccc(O)c(O)c3)nc2n1. The molecule has 0 radical (unpaired) electrons. The molecule has 1 amide bonds. The summed E-state index contributed by atoms with van der Waals surface area (Å²) in [7, 11) is 0. The topological polar surface area (TPSA) is 113 Å². The van der Waals surface area contributed by atoms with Gasteiger partial charge in [-0.3, -0.25) is 4.79 Å². The number of carbonyl (C=O) groups excluding carboxylic acids is 1. The van der Waals surface area contributed by atoms with Crippen LogP contribution in [0.3, 0.4) is 0 Å². The second-order valence-corrected chi connectivity index (χ2v) is 4.73. The maximum Gasteiger partial charge on any atom is 0.252 e. The number of aromatic nitrogens is 4. The van der Waals surface area contributed by atoms with Crippen molar-refractivity contribution in [1.29, 1.82) is 0 Å². The number of rotatable bonds is 3. The molecule has 1 aromatic carbocycles. The van der Waals surface area contributed by atoms with E-state index in [9.17, 15) is 15.0 Å². The molecule has 3 N–H and O–H groups in total. The van der Waals surface area contributed by atoms with Crippen molar-refractivity contribution in [2.75, 3.05) is 0 Å². The van der Waals surface area contributed by atoms with Crippen molar-refractivity contribution in [3.05, 3.63) is 47.5 Å². The Morgan fingerprint density at radius 2 is 2.05 bits per heavy atom. The van der Waals surface area contributed by atoms with Crippen molar-refractivity contribution in [2.24, 2.45) is 0 Å². The first-order valence-electron chi connectivity index (χ1n) is 6.52. The van der Waals surface area contributed by atoms with Crippen LogP contribution in [0.25, 0.3) is 5.78 Å². The summed E-state index contributed by atoms with van der Waals surface area (Å²) in [6.45, 7) is 1.98. The van der Waals surface area contributed by atoms with Gasteiger partial charge in [0.25, 0.3) is 11.7 Å². The highest BCUT2D eigenvalue weighted by molar-refractivity contribution is 5.94. The zero-order valence-corrected chi connectivity index (χ0v) is 11.7. The van der Waals surface area contributed by atoms with E-state index in [2.05, 4.69) is 20.4 Å². The van der Waals surface area contributed by atoms with Crippen molar-refractivity contribution in [2.45, 2.75) is 13.5 Å². The zero-order chi connectivity index (χ0) is 15.7. The van der Waals surface area contributed by atoms with Crippen LogP contribution in [0.2, 0.25) is 0 Å². The summed E-state index contributed by atoms with van der Waals surface area (Å²) in [6.07, 6.45) is 1.74. The molecule has 0 fully saturated rings. The number of nitrogens with zero attached hydrogens (tertiary/aromatic N) is 4. The van der Waals surface area contributed by atoms with Crippen LogP contribution in [-0.4, -0.2) is 35.7 Å². The maximum atomic E-state index is 12.0. The molecule has 0 bridgehead atoms. The van der Waals surface area contributed by atoms with E-state index >= 15 is 0 Å². The van der Waals surface area contributed by atoms with E-state index in [1.165, 1.54) is 22.7 Å². The highest BCUT2D eigenvalue weighted by Gasteiger charge is 2.10. The number of fused-ring (bicyclic) bond motifs is 1. The molecule has 2 heterocycles. The number of aryl methyl sites for hydroxylation is 1. The van der Waals surface area contributed by atoms with Gasteiger partial charge in [0.05, 0.1) is 6.54 Å². The Morgan fingerprint density at radius 3 is 2.82 bits per heavy atom. The summed E-state index contributed by atoms with van der Waals surface area (Å²) >= 11 is 0. The number of phenols is 2. The fraction of sp³-hybridized carbons (Fsp3) is 0.143. The van der Waals surface area contributed by atoms with E-state index in [0.717, 1.165) is 5.69 Å². The molecule has 22 heavy (non-hydrogen) atoms. The fourth-order valence-electron chi connectivity index (χ4n) is 1.91. The molecule has 0 saturated heterocycles. The molecule has 8 heteroatoms. The number of carbonyl (C=O) groups is 1. The number of benzene rings is 1. The highest BCUT2D eigenvalue weighted by Crippen LogP contribution is 2.24. The van der Waals surface area contributed by atoms with E-state index in [0.29, 0.717) is 11.6 Å². The molecule has 0 aliphatic heterocycles. The number of hydrogen-bond acceptors (Lipinski definition) is 6. The molecule has 3 rings (SSSR count). The van der Waals surface area contributed by atoms with Crippen LogP contribution >= 0.6 is 0 Å². The summed E-state index contributed by atoms with van der Waals surface area (Å²) in [6, 6.07) is 5.66. The lowest BCUT2D eigenvalue weighted by molar-refractivity contribution is 0.0949. The van der Waals surface area contributed by atoms with Crippen molar-refractivity contribution in [3.8, 4) is 11.5 Å². The molecule has 0 aliphatic rings. The molecule has 0 aliphatic carbocycles. The van der Waals surface area contributed by atoms with Gasteiger partial charge in [0.2, 0.25) is 0 Å². The molecule has 2 aromatic heterocycles. The Morgan fingerprint density at radius 1 is 1.23 bits per heavy atom. The summed E-state index contributed by atoms with van der Waals surface area (Å²) in [5, 5.41) is 25.4. The molecule has 3 aromatic rings. The van der Waals surface area contributed by atoms with Crippen LogP contribution in [0.1, 0.15) is 21.9 Å². The first-order valence-corrected chi connectivity index (χ1v) is 6.52. The number of phenolic OH excluding ortho intramolecular Hbond substituents is 2. The van der Waals surface area contributed by atoms with Crippen molar-refractivity contribution in [1.82, 2.24) is 24.9 Å². The zero-order valence-electron chi connectivity index (χ0n) is 11.7. The second kappa shape index (κ2) is 5.32. The lowest BCUT2D eigenvalue weighted by Crippen LogP contribution is -2.23. The minimum atomic E-state index is -0.404. The molecular formula is C14H13N5O3. The van der Waals surface area contributed by atoms with Crippen LogP contribution in [0, 0.1) is 6.92 Å². The molecular weight excluding hydrogens is 286 g/mol. The second-order valence-electron chi connectivity index (χ2n) is 4.73. The quantitative estimate of drug-likeness (QED) is 0.616. The summed E-state index contributed by atoms with van der Waals surface area (Å²) in [5.41, 5.74) is 1.06. The number of hydrogen-bond donors (Lipinski definition) is 3.